The van der Waals surface area contributed by atoms with E-state index in [0.29, 0.717) is 12.0 Å². The molecule has 1 rings (SSSR count). The third-order valence-corrected chi connectivity index (χ3v) is 2.53. The molecule has 0 aliphatic heterocycles. The maximum absolute atomic E-state index is 13.3. The van der Waals surface area contributed by atoms with Crippen LogP contribution >= 0.6 is 0 Å². The average Bonchev–Trinajstić information content (AvgIpc) is 2.31. The van der Waals surface area contributed by atoms with Crippen LogP contribution in [0.3, 0.4) is 0 Å². The minimum Gasteiger partial charge on any atom is -0.352 e. The largest absolute Gasteiger partial charge is 0.352 e. The summed E-state index contributed by atoms with van der Waals surface area (Å²) in [7, 11) is 0. The highest BCUT2D eigenvalue weighted by Crippen LogP contribution is 2.07. The Morgan fingerprint density at radius 3 is 2.82 bits per heavy atom. The van der Waals surface area contributed by atoms with Gasteiger partial charge in [0.25, 0.3) is 0 Å². The van der Waals surface area contributed by atoms with Gasteiger partial charge in [-0.15, -0.1) is 12.3 Å². The van der Waals surface area contributed by atoms with Gasteiger partial charge in [0, 0.05) is 12.5 Å². The number of carbonyl (C=O) groups excluding carboxylic acids is 1. The minimum absolute atomic E-state index is 0.0285. The molecule has 3 heteroatoms. The van der Waals surface area contributed by atoms with Gasteiger partial charge < -0.3 is 5.32 Å². The highest BCUT2D eigenvalue weighted by molar-refractivity contribution is 5.78. The van der Waals surface area contributed by atoms with Crippen molar-refractivity contribution in [2.75, 3.05) is 0 Å². The van der Waals surface area contributed by atoms with Crippen molar-refractivity contribution in [3.63, 3.8) is 0 Å². The predicted molar refractivity (Wildman–Crippen MR) is 65.8 cm³/mol. The molecule has 17 heavy (non-hydrogen) atoms. The van der Waals surface area contributed by atoms with Crippen LogP contribution in [0.5, 0.6) is 0 Å². The third kappa shape index (κ3) is 4.28. The molecule has 0 spiro atoms. The fourth-order valence-corrected chi connectivity index (χ4v) is 1.53. The Bertz CT molecular complexity index is 422. The monoisotopic (exact) mass is 233 g/mol. The summed E-state index contributed by atoms with van der Waals surface area (Å²) in [5, 5.41) is 2.80. The second-order valence-electron chi connectivity index (χ2n) is 3.85. The molecular formula is C14H16FNO. The second kappa shape index (κ2) is 6.70. The Balaban J connectivity index is 2.56. The summed E-state index contributed by atoms with van der Waals surface area (Å²) in [6.07, 6.45) is 6.52. The average molecular weight is 233 g/mol. The van der Waals surface area contributed by atoms with Crippen LogP contribution in [-0.4, -0.2) is 11.9 Å². The second-order valence-corrected chi connectivity index (χ2v) is 3.85. The van der Waals surface area contributed by atoms with E-state index in [1.54, 1.807) is 18.2 Å². The zero-order chi connectivity index (χ0) is 12.7. The van der Waals surface area contributed by atoms with Crippen molar-refractivity contribution in [3.05, 3.63) is 35.6 Å². The lowest BCUT2D eigenvalue weighted by Gasteiger charge is -2.14. The van der Waals surface area contributed by atoms with Gasteiger partial charge in [-0.25, -0.2) is 4.39 Å². The summed E-state index contributed by atoms with van der Waals surface area (Å²) < 4.78 is 13.3. The maximum Gasteiger partial charge on any atom is 0.224 e. The Morgan fingerprint density at radius 2 is 2.24 bits per heavy atom. The summed E-state index contributed by atoms with van der Waals surface area (Å²) in [6, 6.07) is 6.24. The Morgan fingerprint density at radius 1 is 1.53 bits per heavy atom. The van der Waals surface area contributed by atoms with Crippen LogP contribution in [0.2, 0.25) is 0 Å². The van der Waals surface area contributed by atoms with Crippen LogP contribution in [0.25, 0.3) is 0 Å². The highest BCUT2D eigenvalue weighted by atomic mass is 19.1. The van der Waals surface area contributed by atoms with Crippen molar-refractivity contribution in [1.29, 1.82) is 0 Å². The number of hydrogen-bond acceptors (Lipinski definition) is 1. The SMILES string of the molecule is C#CCC(CC)NC(=O)Cc1ccccc1F. The van der Waals surface area contributed by atoms with Crippen molar-refractivity contribution in [2.24, 2.45) is 0 Å². The molecule has 0 aliphatic rings. The fraction of sp³-hybridized carbons (Fsp3) is 0.357. The molecule has 0 saturated carbocycles. The molecule has 0 radical (unpaired) electrons. The topological polar surface area (TPSA) is 29.1 Å². The molecule has 0 saturated heterocycles. The van der Waals surface area contributed by atoms with E-state index in [4.69, 9.17) is 6.42 Å². The molecule has 90 valence electrons. The van der Waals surface area contributed by atoms with Gasteiger partial charge in [0.1, 0.15) is 5.82 Å². The standard InChI is InChI=1S/C14H16FNO/c1-3-7-12(4-2)16-14(17)10-11-8-5-6-9-13(11)15/h1,5-6,8-9,12H,4,7,10H2,2H3,(H,16,17). The Labute approximate surface area is 101 Å². The van der Waals surface area contributed by atoms with Crippen LogP contribution < -0.4 is 5.32 Å². The van der Waals surface area contributed by atoms with Crippen LogP contribution in [0.15, 0.2) is 24.3 Å². The molecule has 1 aromatic rings. The molecule has 1 N–H and O–H groups in total. The van der Waals surface area contributed by atoms with Crippen molar-refractivity contribution < 1.29 is 9.18 Å². The van der Waals surface area contributed by atoms with Crippen molar-refractivity contribution in [2.45, 2.75) is 32.2 Å². The zero-order valence-electron chi connectivity index (χ0n) is 9.87. The summed E-state index contributed by atoms with van der Waals surface area (Å²) in [4.78, 5) is 11.7. The lowest BCUT2D eigenvalue weighted by Crippen LogP contribution is -2.35. The van der Waals surface area contributed by atoms with E-state index in [1.807, 2.05) is 6.92 Å². The quantitative estimate of drug-likeness (QED) is 0.777. The first-order chi connectivity index (χ1) is 8.17. The van der Waals surface area contributed by atoms with Gasteiger partial charge in [-0.2, -0.15) is 0 Å². The molecule has 1 amide bonds. The molecule has 2 nitrogen and oxygen atoms in total. The molecule has 0 heterocycles. The Kier molecular flexibility index (Phi) is 5.22. The van der Waals surface area contributed by atoms with E-state index in [0.717, 1.165) is 6.42 Å². The van der Waals surface area contributed by atoms with Gasteiger partial charge in [-0.05, 0) is 18.1 Å². The molecule has 0 bridgehead atoms. The van der Waals surface area contributed by atoms with Crippen molar-refractivity contribution in [3.8, 4) is 12.3 Å². The molecular weight excluding hydrogens is 217 g/mol. The number of benzene rings is 1. The summed E-state index contributed by atoms with van der Waals surface area (Å²) in [5.41, 5.74) is 0.403. The number of hydrogen-bond donors (Lipinski definition) is 1. The number of rotatable bonds is 5. The zero-order valence-corrected chi connectivity index (χ0v) is 9.87. The predicted octanol–water partition coefficient (Wildman–Crippen LogP) is 2.29. The maximum atomic E-state index is 13.3. The smallest absolute Gasteiger partial charge is 0.224 e. The van der Waals surface area contributed by atoms with E-state index in [1.165, 1.54) is 6.07 Å². The van der Waals surface area contributed by atoms with E-state index < -0.39 is 0 Å². The molecule has 0 aromatic heterocycles. The lowest BCUT2D eigenvalue weighted by atomic mass is 10.1. The van der Waals surface area contributed by atoms with E-state index in [-0.39, 0.29) is 24.2 Å². The number of halogens is 1. The van der Waals surface area contributed by atoms with Gasteiger partial charge in [0.2, 0.25) is 5.91 Å². The van der Waals surface area contributed by atoms with Gasteiger partial charge in [-0.1, -0.05) is 25.1 Å². The van der Waals surface area contributed by atoms with Gasteiger partial charge in [-0.3, -0.25) is 4.79 Å². The van der Waals surface area contributed by atoms with E-state index in [9.17, 15) is 9.18 Å². The fourth-order valence-electron chi connectivity index (χ4n) is 1.53. The molecule has 0 aliphatic carbocycles. The summed E-state index contributed by atoms with van der Waals surface area (Å²) in [6.45, 7) is 1.95. The van der Waals surface area contributed by atoms with Gasteiger partial charge in [0.05, 0.1) is 6.42 Å². The third-order valence-electron chi connectivity index (χ3n) is 2.53. The van der Waals surface area contributed by atoms with Crippen LogP contribution in [0.1, 0.15) is 25.3 Å². The highest BCUT2D eigenvalue weighted by Gasteiger charge is 2.11. The van der Waals surface area contributed by atoms with Crippen LogP contribution in [-0.2, 0) is 11.2 Å². The summed E-state index contributed by atoms with van der Waals surface area (Å²) in [5.74, 6) is 1.96. The molecule has 1 aromatic carbocycles. The normalized spacial score (nSPS) is 11.6. The molecule has 0 fully saturated rings. The molecule has 1 atom stereocenters. The van der Waals surface area contributed by atoms with Crippen molar-refractivity contribution in [1.82, 2.24) is 5.32 Å². The minimum atomic E-state index is -0.354. The first-order valence-electron chi connectivity index (χ1n) is 5.63. The van der Waals surface area contributed by atoms with Gasteiger partial charge >= 0.3 is 0 Å². The number of terminal acetylenes is 1. The first kappa shape index (κ1) is 13.2. The number of nitrogens with one attached hydrogen (secondary N) is 1. The first-order valence-corrected chi connectivity index (χ1v) is 5.63. The number of amides is 1. The number of carbonyl (C=O) groups is 1. The van der Waals surface area contributed by atoms with Crippen LogP contribution in [0, 0.1) is 18.2 Å². The Hall–Kier alpha value is -1.82. The van der Waals surface area contributed by atoms with Crippen molar-refractivity contribution >= 4 is 5.91 Å². The van der Waals surface area contributed by atoms with E-state index in [2.05, 4.69) is 11.2 Å². The van der Waals surface area contributed by atoms with E-state index >= 15 is 0 Å². The van der Waals surface area contributed by atoms with Crippen LogP contribution in [0.4, 0.5) is 4.39 Å². The summed E-state index contributed by atoms with van der Waals surface area (Å²) >= 11 is 0. The molecule has 1 unspecified atom stereocenters. The lowest BCUT2D eigenvalue weighted by molar-refractivity contribution is -0.121. The van der Waals surface area contributed by atoms with Gasteiger partial charge in [0.15, 0.2) is 0 Å².